The third-order valence-corrected chi connectivity index (χ3v) is 4.34. The monoisotopic (exact) mass is 351 g/mol. The second-order valence-corrected chi connectivity index (χ2v) is 7.15. The highest BCUT2D eigenvalue weighted by molar-refractivity contribution is 7.90. The molecule has 6 nitrogen and oxygen atoms in total. The number of hydrogen-bond acceptors (Lipinski definition) is 5. The van der Waals surface area contributed by atoms with E-state index in [9.17, 15) is 17.6 Å². The predicted molar refractivity (Wildman–Crippen MR) is 89.2 cm³/mol. The van der Waals surface area contributed by atoms with Gasteiger partial charge in [0.25, 0.3) is 5.91 Å². The lowest BCUT2D eigenvalue weighted by atomic mass is 10.2. The molecule has 0 bridgehead atoms. The van der Waals surface area contributed by atoms with Crippen LogP contribution in [-0.4, -0.2) is 38.7 Å². The Kier molecular flexibility index (Phi) is 5.86. The highest BCUT2D eigenvalue weighted by Crippen LogP contribution is 2.17. The first-order chi connectivity index (χ1) is 11.4. The van der Waals surface area contributed by atoms with Gasteiger partial charge >= 0.3 is 0 Å². The Balaban J connectivity index is 1.80. The Morgan fingerprint density at radius 1 is 1.17 bits per heavy atom. The molecule has 2 rings (SSSR count). The topological polar surface area (TPSA) is 88.2 Å². The van der Waals surface area contributed by atoms with Crippen LogP contribution in [-0.2, 0) is 9.84 Å². The molecule has 0 aliphatic heterocycles. The van der Waals surface area contributed by atoms with Crippen molar-refractivity contribution in [3.05, 3.63) is 54.0 Å². The number of hydrogen-bond donors (Lipinski definition) is 2. The number of anilines is 1. The molecule has 1 amide bonds. The molecule has 24 heavy (non-hydrogen) atoms. The Morgan fingerprint density at radius 3 is 2.54 bits per heavy atom. The van der Waals surface area contributed by atoms with Gasteiger partial charge in [0.15, 0.2) is 9.84 Å². The van der Waals surface area contributed by atoms with Crippen molar-refractivity contribution in [2.45, 2.75) is 11.3 Å². The summed E-state index contributed by atoms with van der Waals surface area (Å²) >= 11 is 0. The van der Waals surface area contributed by atoms with Gasteiger partial charge in [-0.25, -0.2) is 17.8 Å². The molecule has 0 fully saturated rings. The SMILES string of the molecule is CS(=O)(=O)c1cccnc1NCCCNC(=O)c1ccc(F)cc1. The molecule has 2 N–H and O–H groups in total. The molecule has 1 aromatic carbocycles. The number of sulfone groups is 1. The van der Waals surface area contributed by atoms with Crippen LogP contribution < -0.4 is 10.6 Å². The Bertz CT molecular complexity index is 808. The number of nitrogens with zero attached hydrogens (tertiary/aromatic N) is 1. The standard InChI is InChI=1S/C16H18FN3O3S/c1-24(22,23)14-4-2-9-18-15(14)19-10-3-11-20-16(21)12-5-7-13(17)8-6-12/h2,4-9H,3,10-11H2,1H3,(H,18,19)(H,20,21). The summed E-state index contributed by atoms with van der Waals surface area (Å²) in [5.41, 5.74) is 0.383. The van der Waals surface area contributed by atoms with Crippen LogP contribution in [0.3, 0.4) is 0 Å². The lowest BCUT2D eigenvalue weighted by Crippen LogP contribution is -2.26. The van der Waals surface area contributed by atoms with Gasteiger partial charge in [-0.05, 0) is 42.8 Å². The summed E-state index contributed by atoms with van der Waals surface area (Å²) in [6.45, 7) is 0.841. The molecule has 0 saturated carbocycles. The van der Waals surface area contributed by atoms with Crippen molar-refractivity contribution in [1.82, 2.24) is 10.3 Å². The van der Waals surface area contributed by atoms with Crippen LogP contribution >= 0.6 is 0 Å². The average molecular weight is 351 g/mol. The normalized spacial score (nSPS) is 11.1. The van der Waals surface area contributed by atoms with E-state index in [2.05, 4.69) is 15.6 Å². The second kappa shape index (κ2) is 7.87. The Labute approximate surface area is 140 Å². The molecule has 128 valence electrons. The number of aromatic nitrogens is 1. The molecule has 0 radical (unpaired) electrons. The van der Waals surface area contributed by atoms with Crippen LogP contribution in [0.4, 0.5) is 10.2 Å². The van der Waals surface area contributed by atoms with Gasteiger partial charge < -0.3 is 10.6 Å². The molecule has 0 unspecified atom stereocenters. The van der Waals surface area contributed by atoms with E-state index in [1.807, 2.05) is 0 Å². The van der Waals surface area contributed by atoms with E-state index in [4.69, 9.17) is 0 Å². The molecule has 0 aliphatic rings. The molecule has 0 spiro atoms. The maximum absolute atomic E-state index is 12.8. The number of carbonyl (C=O) groups excluding carboxylic acids is 1. The van der Waals surface area contributed by atoms with E-state index in [-0.39, 0.29) is 10.8 Å². The molecule has 0 saturated heterocycles. The minimum absolute atomic E-state index is 0.139. The van der Waals surface area contributed by atoms with Gasteiger partial charge in [0, 0.05) is 31.1 Å². The first-order valence-corrected chi connectivity index (χ1v) is 9.20. The van der Waals surface area contributed by atoms with Gasteiger partial charge in [0.05, 0.1) is 0 Å². The largest absolute Gasteiger partial charge is 0.369 e. The zero-order valence-corrected chi connectivity index (χ0v) is 13.9. The van der Waals surface area contributed by atoms with Gasteiger partial charge in [0.1, 0.15) is 16.5 Å². The summed E-state index contributed by atoms with van der Waals surface area (Å²) in [6, 6.07) is 8.32. The van der Waals surface area contributed by atoms with E-state index in [1.165, 1.54) is 36.5 Å². The summed E-state index contributed by atoms with van der Waals surface area (Å²) < 4.78 is 36.1. The van der Waals surface area contributed by atoms with E-state index in [0.717, 1.165) is 6.26 Å². The number of halogens is 1. The van der Waals surface area contributed by atoms with Crippen molar-refractivity contribution in [2.75, 3.05) is 24.7 Å². The van der Waals surface area contributed by atoms with Crippen molar-refractivity contribution in [3.8, 4) is 0 Å². The number of nitrogens with one attached hydrogen (secondary N) is 2. The fourth-order valence-electron chi connectivity index (χ4n) is 2.02. The van der Waals surface area contributed by atoms with Gasteiger partial charge in [-0.2, -0.15) is 0 Å². The molecular weight excluding hydrogens is 333 g/mol. The number of pyridine rings is 1. The van der Waals surface area contributed by atoms with Gasteiger partial charge in [-0.1, -0.05) is 0 Å². The van der Waals surface area contributed by atoms with Crippen molar-refractivity contribution in [3.63, 3.8) is 0 Å². The number of benzene rings is 1. The minimum Gasteiger partial charge on any atom is -0.369 e. The molecule has 1 heterocycles. The third-order valence-electron chi connectivity index (χ3n) is 3.21. The van der Waals surface area contributed by atoms with Crippen molar-refractivity contribution in [1.29, 1.82) is 0 Å². The van der Waals surface area contributed by atoms with Gasteiger partial charge in [-0.3, -0.25) is 4.79 Å². The summed E-state index contributed by atoms with van der Waals surface area (Å²) in [5, 5.41) is 5.66. The average Bonchev–Trinajstić information content (AvgIpc) is 2.54. The van der Waals surface area contributed by atoms with Crippen LogP contribution in [0.5, 0.6) is 0 Å². The summed E-state index contributed by atoms with van der Waals surface area (Å²) in [5.74, 6) is -0.387. The Hall–Kier alpha value is -2.48. The van der Waals surface area contributed by atoms with E-state index >= 15 is 0 Å². The van der Waals surface area contributed by atoms with Crippen LogP contribution in [0, 0.1) is 5.82 Å². The smallest absolute Gasteiger partial charge is 0.251 e. The molecule has 1 aromatic heterocycles. The zero-order chi connectivity index (χ0) is 17.6. The van der Waals surface area contributed by atoms with Crippen LogP contribution in [0.2, 0.25) is 0 Å². The highest BCUT2D eigenvalue weighted by Gasteiger charge is 2.13. The highest BCUT2D eigenvalue weighted by atomic mass is 32.2. The van der Waals surface area contributed by atoms with Crippen LogP contribution in [0.25, 0.3) is 0 Å². The minimum atomic E-state index is -3.35. The fraction of sp³-hybridized carbons (Fsp3) is 0.250. The molecule has 8 heteroatoms. The van der Waals surface area contributed by atoms with Crippen LogP contribution in [0.15, 0.2) is 47.5 Å². The number of rotatable bonds is 7. The maximum Gasteiger partial charge on any atom is 0.251 e. The fourth-order valence-corrected chi connectivity index (χ4v) is 2.82. The van der Waals surface area contributed by atoms with Crippen LogP contribution in [0.1, 0.15) is 16.8 Å². The van der Waals surface area contributed by atoms with E-state index < -0.39 is 15.7 Å². The first-order valence-electron chi connectivity index (χ1n) is 7.30. The van der Waals surface area contributed by atoms with E-state index in [1.54, 1.807) is 6.07 Å². The summed E-state index contributed by atoms with van der Waals surface area (Å²) in [4.78, 5) is 16.0. The molecule has 0 atom stereocenters. The number of carbonyl (C=O) groups is 1. The number of amides is 1. The lowest BCUT2D eigenvalue weighted by Gasteiger charge is -2.10. The molecular formula is C16H18FN3O3S. The lowest BCUT2D eigenvalue weighted by molar-refractivity contribution is 0.0953. The van der Waals surface area contributed by atoms with Gasteiger partial charge in [0.2, 0.25) is 0 Å². The zero-order valence-electron chi connectivity index (χ0n) is 13.1. The third kappa shape index (κ3) is 5.02. The van der Waals surface area contributed by atoms with E-state index in [0.29, 0.717) is 30.9 Å². The quantitative estimate of drug-likeness (QED) is 0.744. The maximum atomic E-state index is 12.8. The summed E-state index contributed by atoms with van der Waals surface area (Å²) in [6.07, 6.45) is 3.21. The predicted octanol–water partition coefficient (Wildman–Crippen LogP) is 1.86. The molecule has 2 aromatic rings. The van der Waals surface area contributed by atoms with Crippen molar-refractivity contribution in [2.24, 2.45) is 0 Å². The molecule has 0 aliphatic carbocycles. The van der Waals surface area contributed by atoms with Crippen molar-refractivity contribution < 1.29 is 17.6 Å². The summed E-state index contributed by atoms with van der Waals surface area (Å²) in [7, 11) is -3.35. The second-order valence-electron chi connectivity index (χ2n) is 5.17. The van der Waals surface area contributed by atoms with Gasteiger partial charge in [-0.15, -0.1) is 0 Å². The Morgan fingerprint density at radius 2 is 1.88 bits per heavy atom. The first kappa shape index (κ1) is 17.9. The van der Waals surface area contributed by atoms with Crippen molar-refractivity contribution >= 4 is 21.6 Å².